The molecule has 82 valence electrons. The molecule has 4 nitrogen and oxygen atoms in total. The summed E-state index contributed by atoms with van der Waals surface area (Å²) >= 11 is 0. The number of rotatable bonds is 4. The van der Waals surface area contributed by atoms with Crippen LogP contribution in [0.25, 0.3) is 6.08 Å². The number of phenols is 1. The minimum atomic E-state index is -1.05. The van der Waals surface area contributed by atoms with Crippen LogP contribution < -0.4 is 4.74 Å². The summed E-state index contributed by atoms with van der Waals surface area (Å²) in [5.41, 5.74) is 0.563. The predicted octanol–water partition coefficient (Wildman–Crippen LogP) is 1.50. The third-order valence-corrected chi connectivity index (χ3v) is 1.71. The fourth-order valence-electron chi connectivity index (χ4n) is 1.05. The number of aromatic hydroxyl groups is 1. The molecule has 0 saturated carbocycles. The molecule has 1 aromatic carbocycles. The normalized spacial score (nSPS) is 9.94. The highest BCUT2D eigenvalue weighted by molar-refractivity contribution is 5.85. The minimum Gasteiger partial charge on any atom is -0.504 e. The highest BCUT2D eigenvalue weighted by Crippen LogP contribution is 2.27. The first-order chi connectivity index (χ1) is 7.63. The van der Waals surface area contributed by atoms with Gasteiger partial charge >= 0.3 is 5.97 Å². The summed E-state index contributed by atoms with van der Waals surface area (Å²) < 4.78 is 5.04. The third kappa shape index (κ3) is 3.39. The molecule has 0 bridgehead atoms. The Morgan fingerprint density at radius 1 is 1.56 bits per heavy atom. The van der Waals surface area contributed by atoms with E-state index in [1.54, 1.807) is 6.07 Å². The van der Waals surface area contributed by atoms with Crippen molar-refractivity contribution in [1.82, 2.24) is 0 Å². The molecule has 0 saturated heterocycles. The van der Waals surface area contributed by atoms with Gasteiger partial charge in [-0.15, -0.1) is 6.42 Å². The molecule has 0 aliphatic carbocycles. The quantitative estimate of drug-likeness (QED) is 0.593. The number of aliphatic carboxylic acids is 1. The number of terminal acetylenes is 1. The number of benzene rings is 1. The molecule has 0 amide bonds. The lowest BCUT2D eigenvalue weighted by Gasteiger charge is -2.05. The molecule has 0 radical (unpaired) electrons. The Labute approximate surface area is 92.8 Å². The number of hydrogen-bond donors (Lipinski definition) is 2. The first-order valence-corrected chi connectivity index (χ1v) is 4.44. The van der Waals surface area contributed by atoms with Crippen molar-refractivity contribution in [3.05, 3.63) is 29.8 Å². The molecule has 16 heavy (non-hydrogen) atoms. The van der Waals surface area contributed by atoms with E-state index in [1.807, 2.05) is 0 Å². The lowest BCUT2D eigenvalue weighted by atomic mass is 10.2. The standard InChI is InChI=1S/C12H10O4/c1-2-7-16-11-5-3-9(8-10(11)13)4-6-12(14)15/h1,3-6,8,13H,7H2,(H,14,15). The van der Waals surface area contributed by atoms with Gasteiger partial charge in [0, 0.05) is 6.08 Å². The van der Waals surface area contributed by atoms with Gasteiger partial charge in [-0.25, -0.2) is 4.79 Å². The van der Waals surface area contributed by atoms with Crippen molar-refractivity contribution in [2.45, 2.75) is 0 Å². The molecule has 4 heteroatoms. The molecule has 0 spiro atoms. The molecule has 0 aliphatic rings. The highest BCUT2D eigenvalue weighted by atomic mass is 16.5. The van der Waals surface area contributed by atoms with Crippen LogP contribution in [0, 0.1) is 12.3 Å². The van der Waals surface area contributed by atoms with Crippen LogP contribution >= 0.6 is 0 Å². The van der Waals surface area contributed by atoms with Crippen molar-refractivity contribution in [3.8, 4) is 23.8 Å². The lowest BCUT2D eigenvalue weighted by Crippen LogP contribution is -1.93. The van der Waals surface area contributed by atoms with Crippen LogP contribution in [-0.2, 0) is 4.79 Å². The van der Waals surface area contributed by atoms with Crippen LogP contribution in [0.15, 0.2) is 24.3 Å². The van der Waals surface area contributed by atoms with Gasteiger partial charge in [-0.05, 0) is 23.8 Å². The zero-order valence-corrected chi connectivity index (χ0v) is 8.38. The van der Waals surface area contributed by atoms with Crippen molar-refractivity contribution in [2.24, 2.45) is 0 Å². The highest BCUT2D eigenvalue weighted by Gasteiger charge is 2.01. The van der Waals surface area contributed by atoms with Crippen molar-refractivity contribution < 1.29 is 19.7 Å². The Kier molecular flexibility index (Phi) is 3.98. The number of phenolic OH excluding ortho intramolecular Hbond substituents is 1. The maximum atomic E-state index is 10.3. The minimum absolute atomic E-state index is 0.0673. The number of hydrogen-bond acceptors (Lipinski definition) is 3. The number of carbonyl (C=O) groups is 1. The average Bonchev–Trinajstić information content (AvgIpc) is 2.25. The molecule has 0 heterocycles. The van der Waals surface area contributed by atoms with Gasteiger partial charge in [0.2, 0.25) is 0 Å². The van der Waals surface area contributed by atoms with E-state index in [2.05, 4.69) is 5.92 Å². The van der Waals surface area contributed by atoms with Crippen molar-refractivity contribution in [2.75, 3.05) is 6.61 Å². The summed E-state index contributed by atoms with van der Waals surface area (Å²) in [6.07, 6.45) is 7.36. The Morgan fingerprint density at radius 3 is 2.88 bits per heavy atom. The van der Waals surface area contributed by atoms with Gasteiger partial charge < -0.3 is 14.9 Å². The largest absolute Gasteiger partial charge is 0.504 e. The molecule has 0 fully saturated rings. The zero-order chi connectivity index (χ0) is 12.0. The van der Waals surface area contributed by atoms with E-state index >= 15 is 0 Å². The van der Waals surface area contributed by atoms with Gasteiger partial charge in [-0.3, -0.25) is 0 Å². The van der Waals surface area contributed by atoms with E-state index in [9.17, 15) is 9.90 Å². The molecular weight excluding hydrogens is 208 g/mol. The number of ether oxygens (including phenoxy) is 1. The van der Waals surface area contributed by atoms with Crippen LogP contribution in [-0.4, -0.2) is 22.8 Å². The first-order valence-electron chi connectivity index (χ1n) is 4.44. The summed E-state index contributed by atoms with van der Waals surface area (Å²) in [5.74, 6) is 1.41. The van der Waals surface area contributed by atoms with Crippen LogP contribution in [0.5, 0.6) is 11.5 Å². The van der Waals surface area contributed by atoms with Gasteiger partial charge in [-0.2, -0.15) is 0 Å². The Hall–Kier alpha value is -2.41. The second-order valence-corrected chi connectivity index (χ2v) is 2.89. The van der Waals surface area contributed by atoms with E-state index < -0.39 is 5.97 Å². The predicted molar refractivity (Wildman–Crippen MR) is 59.1 cm³/mol. The van der Waals surface area contributed by atoms with Crippen molar-refractivity contribution >= 4 is 12.0 Å². The Morgan fingerprint density at radius 2 is 2.31 bits per heavy atom. The fourth-order valence-corrected chi connectivity index (χ4v) is 1.05. The molecule has 0 unspecified atom stereocenters. The van der Waals surface area contributed by atoms with Gasteiger partial charge in [-0.1, -0.05) is 12.0 Å². The van der Waals surface area contributed by atoms with E-state index in [0.29, 0.717) is 5.56 Å². The molecule has 0 aromatic heterocycles. The molecule has 2 N–H and O–H groups in total. The van der Waals surface area contributed by atoms with E-state index in [0.717, 1.165) is 6.08 Å². The zero-order valence-electron chi connectivity index (χ0n) is 8.38. The summed E-state index contributed by atoms with van der Waals surface area (Å²) in [7, 11) is 0. The number of carboxylic acids is 1. The second kappa shape index (κ2) is 5.47. The Bertz CT molecular complexity index is 455. The van der Waals surface area contributed by atoms with Crippen LogP contribution in [0.1, 0.15) is 5.56 Å². The fraction of sp³-hybridized carbons (Fsp3) is 0.0833. The summed E-state index contributed by atoms with van der Waals surface area (Å²) in [6, 6.07) is 4.53. The number of carboxylic acid groups (broad SMARTS) is 1. The summed E-state index contributed by atoms with van der Waals surface area (Å²) in [6.45, 7) is 0.0673. The molecule has 0 aliphatic heterocycles. The van der Waals surface area contributed by atoms with Crippen LogP contribution in [0.4, 0.5) is 0 Å². The SMILES string of the molecule is C#CCOc1ccc(C=CC(=O)O)cc1O. The summed E-state index contributed by atoms with van der Waals surface area (Å²) in [4.78, 5) is 10.3. The van der Waals surface area contributed by atoms with Gasteiger partial charge in [0.25, 0.3) is 0 Å². The maximum absolute atomic E-state index is 10.3. The van der Waals surface area contributed by atoms with E-state index in [4.69, 9.17) is 16.3 Å². The monoisotopic (exact) mass is 218 g/mol. The van der Waals surface area contributed by atoms with Crippen LogP contribution in [0.3, 0.4) is 0 Å². The Balaban J connectivity index is 2.83. The van der Waals surface area contributed by atoms with E-state index in [-0.39, 0.29) is 18.1 Å². The molecule has 0 atom stereocenters. The topological polar surface area (TPSA) is 66.8 Å². The van der Waals surface area contributed by atoms with Gasteiger partial charge in [0.15, 0.2) is 11.5 Å². The van der Waals surface area contributed by atoms with E-state index in [1.165, 1.54) is 18.2 Å². The van der Waals surface area contributed by atoms with Crippen molar-refractivity contribution in [1.29, 1.82) is 0 Å². The van der Waals surface area contributed by atoms with Crippen LogP contribution in [0.2, 0.25) is 0 Å². The average molecular weight is 218 g/mol. The first kappa shape index (κ1) is 11.7. The van der Waals surface area contributed by atoms with Gasteiger partial charge in [0.05, 0.1) is 0 Å². The molecule has 1 rings (SSSR count). The third-order valence-electron chi connectivity index (χ3n) is 1.71. The smallest absolute Gasteiger partial charge is 0.328 e. The molecule has 1 aromatic rings. The maximum Gasteiger partial charge on any atom is 0.328 e. The summed E-state index contributed by atoms with van der Waals surface area (Å²) in [5, 5.41) is 17.9. The molecular formula is C12H10O4. The lowest BCUT2D eigenvalue weighted by molar-refractivity contribution is -0.131. The van der Waals surface area contributed by atoms with Crippen molar-refractivity contribution in [3.63, 3.8) is 0 Å². The second-order valence-electron chi connectivity index (χ2n) is 2.89. The van der Waals surface area contributed by atoms with Gasteiger partial charge in [0.1, 0.15) is 6.61 Å².